The maximum atomic E-state index is 12.0. The summed E-state index contributed by atoms with van der Waals surface area (Å²) in [5.41, 5.74) is 1.52. The number of nitrogens with one attached hydrogen (secondary N) is 1. The van der Waals surface area contributed by atoms with Gasteiger partial charge in [0, 0.05) is 6.54 Å². The van der Waals surface area contributed by atoms with Gasteiger partial charge in [-0.1, -0.05) is 12.1 Å². The lowest BCUT2D eigenvalue weighted by Crippen LogP contribution is -2.19. The fraction of sp³-hybridized carbons (Fsp3) is 0.312. The summed E-state index contributed by atoms with van der Waals surface area (Å²) in [5.74, 6) is -0.267. The van der Waals surface area contributed by atoms with Crippen LogP contribution < -0.4 is 10.1 Å². The maximum absolute atomic E-state index is 12.0. The Kier molecular flexibility index (Phi) is 7.90. The normalized spacial score (nSPS) is 12.1. The number of carbonyl (C=O) groups excluding carboxylic acids is 1. The van der Waals surface area contributed by atoms with Crippen molar-refractivity contribution >= 4 is 17.6 Å². The minimum absolute atomic E-state index is 0.213. The lowest BCUT2D eigenvalue weighted by molar-refractivity contribution is -0.274. The first kappa shape index (κ1) is 20.1. The van der Waals surface area contributed by atoms with Crippen molar-refractivity contribution in [2.75, 3.05) is 13.6 Å². The fourth-order valence-corrected chi connectivity index (χ4v) is 2.43. The molecule has 0 radical (unpaired) electrons. The summed E-state index contributed by atoms with van der Waals surface area (Å²) in [5, 5.41) is 13.1. The average molecular weight is 361 g/mol. The summed E-state index contributed by atoms with van der Waals surface area (Å²) in [6.45, 7) is 2.43. The third-order valence-corrected chi connectivity index (χ3v) is 3.51. The van der Waals surface area contributed by atoms with Crippen LogP contribution in [0, 0.1) is 0 Å². The van der Waals surface area contributed by atoms with E-state index in [4.69, 9.17) is 5.11 Å². The molecule has 8 heteroatoms. The van der Waals surface area contributed by atoms with Crippen molar-refractivity contribution in [1.29, 1.82) is 0 Å². The number of likely N-dealkylation sites (N-methyl/N-ethyl adjacent to an activating group) is 1. The standard InChI is InChI=1S/C12H7F3O2S.C4H11NO/c13-12(14,15)17-10-3-1-8(2-4-10)9-5-11(6-16)18-7-9;1-4(6)3-5-2/h1-7H;4-6H,3H2,1-2H3. The third-order valence-electron chi connectivity index (χ3n) is 2.66. The molecule has 1 atom stereocenters. The van der Waals surface area contributed by atoms with Crippen molar-refractivity contribution in [2.45, 2.75) is 19.4 Å². The van der Waals surface area contributed by atoms with E-state index in [-0.39, 0.29) is 11.9 Å². The van der Waals surface area contributed by atoms with Crippen molar-refractivity contribution in [3.8, 4) is 16.9 Å². The molecule has 2 N–H and O–H groups in total. The number of benzene rings is 1. The summed E-state index contributed by atoms with van der Waals surface area (Å²) in [4.78, 5) is 11.1. The molecular formula is C16H18F3NO3S. The summed E-state index contributed by atoms with van der Waals surface area (Å²) < 4.78 is 39.6. The molecule has 0 spiro atoms. The van der Waals surface area contributed by atoms with Crippen LogP contribution in [0.2, 0.25) is 0 Å². The van der Waals surface area contributed by atoms with E-state index in [1.165, 1.54) is 35.6 Å². The highest BCUT2D eigenvalue weighted by Gasteiger charge is 2.30. The minimum atomic E-state index is -4.69. The van der Waals surface area contributed by atoms with Crippen LogP contribution in [0.3, 0.4) is 0 Å². The number of ether oxygens (including phenoxy) is 1. The van der Waals surface area contributed by atoms with E-state index in [0.29, 0.717) is 11.4 Å². The first-order valence-electron chi connectivity index (χ1n) is 6.97. The summed E-state index contributed by atoms with van der Waals surface area (Å²) in [6, 6.07) is 7.18. The number of halogens is 3. The van der Waals surface area contributed by atoms with Gasteiger partial charge in [0.25, 0.3) is 0 Å². The number of aliphatic hydroxyl groups excluding tert-OH is 1. The van der Waals surface area contributed by atoms with Gasteiger partial charge >= 0.3 is 6.36 Å². The molecule has 1 unspecified atom stereocenters. The van der Waals surface area contributed by atoms with Gasteiger partial charge in [-0.3, -0.25) is 4.79 Å². The van der Waals surface area contributed by atoms with Crippen LogP contribution in [0.5, 0.6) is 5.75 Å². The molecule has 2 aromatic rings. The quantitative estimate of drug-likeness (QED) is 0.797. The van der Waals surface area contributed by atoms with Gasteiger partial charge in [-0.15, -0.1) is 24.5 Å². The topological polar surface area (TPSA) is 58.6 Å². The molecule has 0 saturated carbocycles. The number of rotatable bonds is 5. The van der Waals surface area contributed by atoms with Gasteiger partial charge in [0.05, 0.1) is 11.0 Å². The zero-order valence-corrected chi connectivity index (χ0v) is 13.9. The van der Waals surface area contributed by atoms with Crippen molar-refractivity contribution in [3.05, 3.63) is 40.6 Å². The number of hydrogen-bond donors (Lipinski definition) is 2. The minimum Gasteiger partial charge on any atom is -0.406 e. The number of aliphatic hydroxyl groups is 1. The Morgan fingerprint density at radius 3 is 2.29 bits per heavy atom. The van der Waals surface area contributed by atoms with E-state index >= 15 is 0 Å². The predicted octanol–water partition coefficient (Wildman–Crippen LogP) is 3.71. The van der Waals surface area contributed by atoms with Gasteiger partial charge in [0.2, 0.25) is 0 Å². The van der Waals surface area contributed by atoms with E-state index in [1.807, 2.05) is 7.05 Å². The van der Waals surface area contributed by atoms with Crippen LogP contribution in [0.1, 0.15) is 16.6 Å². The van der Waals surface area contributed by atoms with Gasteiger partial charge < -0.3 is 15.2 Å². The van der Waals surface area contributed by atoms with Crippen molar-refractivity contribution in [1.82, 2.24) is 5.32 Å². The lowest BCUT2D eigenvalue weighted by Gasteiger charge is -2.08. The van der Waals surface area contributed by atoms with E-state index < -0.39 is 6.36 Å². The van der Waals surface area contributed by atoms with Gasteiger partial charge in [0.15, 0.2) is 6.29 Å². The van der Waals surface area contributed by atoms with Crippen molar-refractivity contribution in [3.63, 3.8) is 0 Å². The zero-order chi connectivity index (χ0) is 18.2. The summed E-state index contributed by atoms with van der Waals surface area (Å²) >= 11 is 1.28. The van der Waals surface area contributed by atoms with E-state index in [0.717, 1.165) is 17.4 Å². The monoisotopic (exact) mass is 361 g/mol. The molecule has 1 aromatic carbocycles. The Balaban J connectivity index is 0.000000413. The average Bonchev–Trinajstić information content (AvgIpc) is 2.96. The zero-order valence-electron chi connectivity index (χ0n) is 13.1. The second-order valence-electron chi connectivity index (χ2n) is 4.83. The highest BCUT2D eigenvalue weighted by atomic mass is 32.1. The third kappa shape index (κ3) is 7.58. The molecule has 1 aromatic heterocycles. The van der Waals surface area contributed by atoms with Gasteiger partial charge in [-0.05, 0) is 48.7 Å². The van der Waals surface area contributed by atoms with Gasteiger partial charge in [-0.2, -0.15) is 0 Å². The predicted molar refractivity (Wildman–Crippen MR) is 87.4 cm³/mol. The largest absolute Gasteiger partial charge is 0.573 e. The SMILES string of the molecule is CNCC(C)O.O=Cc1cc(-c2ccc(OC(F)(F)F)cc2)cs1. The molecule has 2 rings (SSSR count). The summed E-state index contributed by atoms with van der Waals surface area (Å²) in [7, 11) is 1.81. The molecule has 132 valence electrons. The van der Waals surface area contributed by atoms with Crippen LogP contribution in [0.4, 0.5) is 13.2 Å². The second-order valence-corrected chi connectivity index (χ2v) is 5.78. The molecule has 24 heavy (non-hydrogen) atoms. The Morgan fingerprint density at radius 1 is 1.29 bits per heavy atom. The number of aldehydes is 1. The second kappa shape index (κ2) is 9.41. The Bertz CT molecular complexity index is 624. The molecule has 1 heterocycles. The Labute approximate surface area is 141 Å². The molecule has 0 amide bonds. The smallest absolute Gasteiger partial charge is 0.406 e. The molecule has 0 fully saturated rings. The lowest BCUT2D eigenvalue weighted by atomic mass is 10.1. The highest BCUT2D eigenvalue weighted by Crippen LogP contribution is 2.28. The molecule has 0 aliphatic rings. The van der Waals surface area contributed by atoms with E-state index in [2.05, 4.69) is 10.1 Å². The molecule has 0 aliphatic carbocycles. The van der Waals surface area contributed by atoms with Crippen LogP contribution in [-0.4, -0.2) is 37.5 Å². The van der Waals surface area contributed by atoms with Crippen LogP contribution in [0.25, 0.3) is 11.1 Å². The molecule has 4 nitrogen and oxygen atoms in total. The first-order chi connectivity index (χ1) is 11.2. The van der Waals surface area contributed by atoms with E-state index in [9.17, 15) is 18.0 Å². The highest BCUT2D eigenvalue weighted by molar-refractivity contribution is 7.12. The van der Waals surface area contributed by atoms with Gasteiger partial charge in [-0.25, -0.2) is 0 Å². The Hall–Kier alpha value is -1.90. The number of alkyl halides is 3. The van der Waals surface area contributed by atoms with Gasteiger partial charge in [0.1, 0.15) is 5.75 Å². The van der Waals surface area contributed by atoms with Crippen molar-refractivity contribution in [2.24, 2.45) is 0 Å². The number of thiophene rings is 1. The maximum Gasteiger partial charge on any atom is 0.573 e. The number of carbonyl (C=O) groups is 1. The van der Waals surface area contributed by atoms with Crippen LogP contribution in [0.15, 0.2) is 35.7 Å². The molecule has 0 bridgehead atoms. The van der Waals surface area contributed by atoms with Crippen LogP contribution in [-0.2, 0) is 0 Å². The van der Waals surface area contributed by atoms with E-state index in [1.54, 1.807) is 18.4 Å². The molecular weight excluding hydrogens is 343 g/mol. The fourth-order valence-electron chi connectivity index (χ4n) is 1.71. The first-order valence-corrected chi connectivity index (χ1v) is 7.85. The Morgan fingerprint density at radius 2 is 1.92 bits per heavy atom. The summed E-state index contributed by atoms with van der Waals surface area (Å²) in [6.07, 6.45) is -4.17. The molecule has 0 aliphatic heterocycles. The van der Waals surface area contributed by atoms with Crippen LogP contribution >= 0.6 is 11.3 Å². The van der Waals surface area contributed by atoms with Crippen molar-refractivity contribution < 1.29 is 27.8 Å². The molecule has 0 saturated heterocycles. The number of hydrogen-bond acceptors (Lipinski definition) is 5.